The Bertz CT molecular complexity index is 389. The molecule has 112 valence electrons. The van der Waals surface area contributed by atoms with E-state index in [-0.39, 0.29) is 24.4 Å². The Hall–Kier alpha value is -1.36. The maximum atomic E-state index is 12.1. The summed E-state index contributed by atoms with van der Waals surface area (Å²) in [6, 6.07) is 0.522. The summed E-state index contributed by atoms with van der Waals surface area (Å²) in [5, 5.41) is 11.9. The minimum atomic E-state index is -0.784. The molecule has 1 fully saturated rings. The Morgan fingerprint density at radius 3 is 2.65 bits per heavy atom. The van der Waals surface area contributed by atoms with E-state index in [1.54, 1.807) is 0 Å². The number of carbonyl (C=O) groups is 2. The van der Waals surface area contributed by atoms with E-state index in [9.17, 15) is 9.59 Å². The summed E-state index contributed by atoms with van der Waals surface area (Å²) in [7, 11) is 0. The lowest BCUT2D eigenvalue weighted by molar-refractivity contribution is -0.140. The van der Waals surface area contributed by atoms with Crippen molar-refractivity contribution in [2.75, 3.05) is 13.1 Å². The van der Waals surface area contributed by atoms with Crippen LogP contribution in [0.25, 0.3) is 0 Å². The third-order valence-corrected chi connectivity index (χ3v) is 4.36. The average Bonchev–Trinajstić information content (AvgIpc) is 2.40. The van der Waals surface area contributed by atoms with Crippen molar-refractivity contribution in [1.29, 1.82) is 0 Å². The largest absolute Gasteiger partial charge is 0.480 e. The fraction of sp³-hybridized carbons (Fsp3) is 0.733. The molecule has 0 heterocycles. The van der Waals surface area contributed by atoms with E-state index in [0.717, 1.165) is 38.6 Å². The number of allylic oxidation sites excluding steroid dienone is 2. The van der Waals surface area contributed by atoms with E-state index >= 15 is 0 Å². The van der Waals surface area contributed by atoms with Gasteiger partial charge in [-0.3, -0.25) is 14.5 Å². The molecule has 5 nitrogen and oxygen atoms in total. The van der Waals surface area contributed by atoms with Gasteiger partial charge in [0.05, 0.1) is 6.54 Å². The quantitative estimate of drug-likeness (QED) is 0.722. The average molecular weight is 280 g/mol. The van der Waals surface area contributed by atoms with Gasteiger partial charge in [0, 0.05) is 18.0 Å². The van der Waals surface area contributed by atoms with Gasteiger partial charge >= 0.3 is 5.97 Å². The predicted molar refractivity (Wildman–Crippen MR) is 76.3 cm³/mol. The lowest BCUT2D eigenvalue weighted by atomic mass is 9.84. The van der Waals surface area contributed by atoms with Crippen molar-refractivity contribution < 1.29 is 14.7 Å². The van der Waals surface area contributed by atoms with E-state index in [0.29, 0.717) is 6.04 Å². The third-order valence-electron chi connectivity index (χ3n) is 4.36. The summed E-state index contributed by atoms with van der Waals surface area (Å²) in [4.78, 5) is 24.8. The minimum Gasteiger partial charge on any atom is -0.480 e. The van der Waals surface area contributed by atoms with Crippen LogP contribution < -0.4 is 5.32 Å². The predicted octanol–water partition coefficient (Wildman–Crippen LogP) is 1.40. The molecule has 1 amide bonds. The van der Waals surface area contributed by atoms with Crippen LogP contribution in [-0.2, 0) is 9.59 Å². The highest BCUT2D eigenvalue weighted by atomic mass is 16.4. The summed E-state index contributed by atoms with van der Waals surface area (Å²) in [5.74, 6) is -0.493. The first-order valence-electron chi connectivity index (χ1n) is 7.51. The minimum absolute atomic E-state index is 0.0925. The zero-order valence-corrected chi connectivity index (χ0v) is 12.0. The molecule has 0 aliphatic heterocycles. The smallest absolute Gasteiger partial charge is 0.317 e. The maximum absolute atomic E-state index is 12.1. The molecule has 2 N–H and O–H groups in total. The summed E-state index contributed by atoms with van der Waals surface area (Å²) in [6.45, 7) is 2.81. The SMILES string of the molecule is CCN(CC(=O)O)C1CC(NC(=O)C2CC=CCC2)C1. The van der Waals surface area contributed by atoms with Crippen LogP contribution in [-0.4, -0.2) is 47.1 Å². The lowest BCUT2D eigenvalue weighted by Crippen LogP contribution is -2.55. The molecule has 1 unspecified atom stereocenters. The monoisotopic (exact) mass is 280 g/mol. The lowest BCUT2D eigenvalue weighted by Gasteiger charge is -2.42. The molecule has 0 spiro atoms. The number of nitrogens with one attached hydrogen (secondary N) is 1. The number of amides is 1. The van der Waals surface area contributed by atoms with Gasteiger partial charge in [-0.15, -0.1) is 0 Å². The molecule has 0 bridgehead atoms. The molecule has 0 saturated heterocycles. The number of carboxylic acids is 1. The molecule has 0 aromatic heterocycles. The van der Waals surface area contributed by atoms with Crippen LogP contribution in [0.2, 0.25) is 0 Å². The van der Waals surface area contributed by atoms with Crippen molar-refractivity contribution in [1.82, 2.24) is 10.2 Å². The molecule has 5 heteroatoms. The van der Waals surface area contributed by atoms with Crippen molar-refractivity contribution in [2.24, 2.45) is 5.92 Å². The first-order chi connectivity index (χ1) is 9.60. The number of carboxylic acid groups (broad SMARTS) is 1. The number of likely N-dealkylation sites (N-methyl/N-ethyl adjacent to an activating group) is 1. The molecular formula is C15H24N2O3. The molecule has 1 atom stereocenters. The van der Waals surface area contributed by atoms with Crippen LogP contribution in [0.1, 0.15) is 39.0 Å². The summed E-state index contributed by atoms with van der Waals surface area (Å²) < 4.78 is 0. The van der Waals surface area contributed by atoms with Crippen molar-refractivity contribution in [2.45, 2.75) is 51.1 Å². The Morgan fingerprint density at radius 2 is 2.10 bits per heavy atom. The number of hydrogen-bond acceptors (Lipinski definition) is 3. The topological polar surface area (TPSA) is 69.6 Å². The first kappa shape index (κ1) is 15.0. The highest BCUT2D eigenvalue weighted by Gasteiger charge is 2.35. The number of nitrogens with zero attached hydrogens (tertiary/aromatic N) is 1. The molecule has 20 heavy (non-hydrogen) atoms. The van der Waals surface area contributed by atoms with E-state index < -0.39 is 5.97 Å². The van der Waals surface area contributed by atoms with Gasteiger partial charge in [-0.25, -0.2) is 0 Å². The standard InChI is InChI=1S/C15H24N2O3/c1-2-17(10-14(18)19)13-8-12(9-13)16-15(20)11-6-4-3-5-7-11/h3-4,11-13H,2,5-10H2,1H3,(H,16,20)(H,18,19). The summed E-state index contributed by atoms with van der Waals surface area (Å²) in [5.41, 5.74) is 0. The maximum Gasteiger partial charge on any atom is 0.317 e. The van der Waals surface area contributed by atoms with Crippen LogP contribution in [0.15, 0.2) is 12.2 Å². The van der Waals surface area contributed by atoms with Crippen LogP contribution >= 0.6 is 0 Å². The van der Waals surface area contributed by atoms with E-state index in [1.165, 1.54) is 0 Å². The van der Waals surface area contributed by atoms with Crippen molar-refractivity contribution in [3.63, 3.8) is 0 Å². The van der Waals surface area contributed by atoms with Gasteiger partial charge in [0.2, 0.25) is 5.91 Å². The van der Waals surface area contributed by atoms with Crippen LogP contribution in [0.3, 0.4) is 0 Å². The molecule has 0 aromatic carbocycles. The second kappa shape index (κ2) is 6.88. The van der Waals surface area contributed by atoms with Gasteiger partial charge in [-0.1, -0.05) is 19.1 Å². The molecule has 0 radical (unpaired) electrons. The number of carbonyl (C=O) groups excluding carboxylic acids is 1. The van der Waals surface area contributed by atoms with Crippen molar-refractivity contribution >= 4 is 11.9 Å². The Kier molecular flexibility index (Phi) is 5.17. The third kappa shape index (κ3) is 3.82. The molecular weight excluding hydrogens is 256 g/mol. The fourth-order valence-electron chi connectivity index (χ4n) is 3.03. The van der Waals surface area contributed by atoms with Gasteiger partial charge in [-0.2, -0.15) is 0 Å². The zero-order valence-electron chi connectivity index (χ0n) is 12.0. The molecule has 2 aliphatic rings. The molecule has 2 aliphatic carbocycles. The van der Waals surface area contributed by atoms with Crippen LogP contribution in [0.5, 0.6) is 0 Å². The Balaban J connectivity index is 1.71. The highest BCUT2D eigenvalue weighted by Crippen LogP contribution is 2.27. The highest BCUT2D eigenvalue weighted by molar-refractivity contribution is 5.79. The van der Waals surface area contributed by atoms with Gasteiger partial charge in [0.1, 0.15) is 0 Å². The first-order valence-corrected chi connectivity index (χ1v) is 7.51. The second-order valence-corrected chi connectivity index (χ2v) is 5.77. The molecule has 1 saturated carbocycles. The number of hydrogen-bond donors (Lipinski definition) is 2. The van der Waals surface area contributed by atoms with E-state index in [1.807, 2.05) is 11.8 Å². The van der Waals surface area contributed by atoms with Crippen molar-refractivity contribution in [3.05, 3.63) is 12.2 Å². The van der Waals surface area contributed by atoms with Gasteiger partial charge in [0.15, 0.2) is 0 Å². The van der Waals surface area contributed by atoms with E-state index in [4.69, 9.17) is 5.11 Å². The summed E-state index contributed by atoms with van der Waals surface area (Å²) in [6.07, 6.45) is 8.75. The fourth-order valence-corrected chi connectivity index (χ4v) is 3.03. The van der Waals surface area contributed by atoms with Gasteiger partial charge < -0.3 is 10.4 Å². The zero-order chi connectivity index (χ0) is 14.5. The number of aliphatic carboxylic acids is 1. The van der Waals surface area contributed by atoms with Crippen LogP contribution in [0, 0.1) is 5.92 Å². The van der Waals surface area contributed by atoms with Crippen molar-refractivity contribution in [3.8, 4) is 0 Å². The van der Waals surface area contributed by atoms with E-state index in [2.05, 4.69) is 17.5 Å². The van der Waals surface area contributed by atoms with Gasteiger partial charge in [0.25, 0.3) is 0 Å². The second-order valence-electron chi connectivity index (χ2n) is 5.77. The summed E-state index contributed by atoms with van der Waals surface area (Å²) >= 11 is 0. The molecule has 2 rings (SSSR count). The normalized spacial score (nSPS) is 29.0. The van der Waals surface area contributed by atoms with Gasteiger partial charge in [-0.05, 0) is 38.6 Å². The number of rotatable bonds is 6. The Labute approximate surface area is 120 Å². The molecule has 0 aromatic rings. The Morgan fingerprint density at radius 1 is 1.35 bits per heavy atom. The van der Waals surface area contributed by atoms with Crippen LogP contribution in [0.4, 0.5) is 0 Å².